The molecule has 0 atom stereocenters. The fourth-order valence-corrected chi connectivity index (χ4v) is 25.4. The molecule has 0 aromatic heterocycles. The van der Waals surface area contributed by atoms with E-state index < -0.39 is 14.4 Å². The zero-order valence-corrected chi connectivity index (χ0v) is 27.9. The van der Waals surface area contributed by atoms with Gasteiger partial charge in [-0.2, -0.15) is 22.4 Å². The average Bonchev–Trinajstić information content (AvgIpc) is 2.66. The van der Waals surface area contributed by atoms with Crippen LogP contribution in [0.15, 0.2) is 10.3 Å². The Morgan fingerprint density at radius 2 is 0.938 bits per heavy atom. The number of hydrogen-bond acceptors (Lipinski definition) is 2. The second kappa shape index (κ2) is 15.8. The highest BCUT2D eigenvalue weighted by molar-refractivity contribution is 8.34. The van der Waals surface area contributed by atoms with Crippen LogP contribution in [-0.2, 0) is 0 Å². The predicted molar refractivity (Wildman–Crippen MR) is 163 cm³/mol. The van der Waals surface area contributed by atoms with Gasteiger partial charge in [0.1, 0.15) is 14.4 Å². The summed E-state index contributed by atoms with van der Waals surface area (Å²) < 4.78 is 0. The van der Waals surface area contributed by atoms with E-state index in [1.54, 1.807) is 4.91 Å². The van der Waals surface area contributed by atoms with E-state index in [0.29, 0.717) is 0 Å². The molecule has 0 saturated carbocycles. The van der Waals surface area contributed by atoms with Crippen molar-refractivity contribution in [1.82, 2.24) is 0 Å². The molecule has 0 radical (unpaired) electrons. The Morgan fingerprint density at radius 1 is 0.562 bits per heavy atom. The minimum Gasteiger partial charge on any atom is -0.157 e. The first kappa shape index (κ1) is 32.9. The SMILES string of the molecule is CCCCCCCC/C(=C/S[Si](C(C)C)(C(C)C)C(C)C)S[Si](C(C)C)(C(C)C)C(C)C. The summed E-state index contributed by atoms with van der Waals surface area (Å²) >= 11 is 4.73. The second-order valence-corrected chi connectivity index (χ2v) is 29.1. The molecular weight excluding hydrogens is 457 g/mol. The highest BCUT2D eigenvalue weighted by atomic mass is 32.4. The summed E-state index contributed by atoms with van der Waals surface area (Å²) in [4.78, 5) is 1.74. The van der Waals surface area contributed by atoms with Crippen molar-refractivity contribution in [3.8, 4) is 0 Å². The van der Waals surface area contributed by atoms with Crippen molar-refractivity contribution in [2.75, 3.05) is 0 Å². The zero-order valence-electron chi connectivity index (χ0n) is 24.3. The monoisotopic (exact) mass is 516 g/mol. The minimum absolute atomic E-state index is 0.811. The number of rotatable bonds is 17. The Balaban J connectivity index is 5.94. The van der Waals surface area contributed by atoms with Crippen LogP contribution in [0.25, 0.3) is 0 Å². The Kier molecular flexibility index (Phi) is 16.2. The van der Waals surface area contributed by atoms with Crippen LogP contribution in [0.5, 0.6) is 0 Å². The van der Waals surface area contributed by atoms with Gasteiger partial charge < -0.3 is 0 Å². The first-order valence-electron chi connectivity index (χ1n) is 13.9. The maximum atomic E-state index is 2.72. The lowest BCUT2D eigenvalue weighted by molar-refractivity contribution is 0.610. The van der Waals surface area contributed by atoms with Gasteiger partial charge in [-0.15, -0.1) is 0 Å². The molecule has 0 amide bonds. The van der Waals surface area contributed by atoms with Crippen molar-refractivity contribution in [1.29, 1.82) is 0 Å². The van der Waals surface area contributed by atoms with E-state index in [1.165, 1.54) is 44.9 Å². The molecule has 0 aromatic carbocycles. The van der Waals surface area contributed by atoms with Crippen LogP contribution in [0, 0.1) is 0 Å². The van der Waals surface area contributed by atoms with Gasteiger partial charge >= 0.3 is 0 Å². The van der Waals surface area contributed by atoms with E-state index >= 15 is 0 Å². The van der Waals surface area contributed by atoms with Gasteiger partial charge in [0, 0.05) is 0 Å². The molecule has 32 heavy (non-hydrogen) atoms. The van der Waals surface area contributed by atoms with Crippen LogP contribution in [0.3, 0.4) is 0 Å². The van der Waals surface area contributed by atoms with E-state index in [2.05, 4.69) is 118 Å². The second-order valence-electron chi connectivity index (χ2n) is 12.0. The normalized spacial score (nSPS) is 14.3. The standard InChI is InChI=1S/C28H60S2Si2/c1-14-15-16-17-18-19-20-28(30-32(25(8)9,26(10)11)27(12)13)21-29-31(22(2)3,23(4)5)24(6)7/h21-27H,14-20H2,1-13H3/b28-21-. The van der Waals surface area contributed by atoms with Crippen molar-refractivity contribution in [2.45, 2.75) is 168 Å². The lowest BCUT2D eigenvalue weighted by Crippen LogP contribution is -2.41. The molecule has 0 aliphatic carbocycles. The fourth-order valence-electron chi connectivity index (χ4n) is 6.37. The van der Waals surface area contributed by atoms with Crippen LogP contribution in [-0.4, -0.2) is 14.4 Å². The van der Waals surface area contributed by atoms with E-state index in [4.69, 9.17) is 0 Å². The average molecular weight is 517 g/mol. The highest BCUT2D eigenvalue weighted by Gasteiger charge is 2.46. The van der Waals surface area contributed by atoms with E-state index in [-0.39, 0.29) is 0 Å². The largest absolute Gasteiger partial charge is 0.157 e. The minimum atomic E-state index is -1.50. The smallest absolute Gasteiger partial charge is 0.130 e. The topological polar surface area (TPSA) is 0 Å². The number of hydrogen-bond donors (Lipinski definition) is 0. The molecule has 0 spiro atoms. The third-order valence-corrected chi connectivity index (χ3v) is 32.5. The van der Waals surface area contributed by atoms with Crippen LogP contribution in [0.1, 0.15) is 135 Å². The molecule has 0 rings (SSSR count). The predicted octanol–water partition coefficient (Wildman–Crippen LogP) is 12.4. The molecule has 4 heteroatoms. The maximum Gasteiger partial charge on any atom is 0.130 e. The molecule has 0 N–H and O–H groups in total. The van der Waals surface area contributed by atoms with Gasteiger partial charge in [-0.05, 0) is 56.4 Å². The summed E-state index contributed by atoms with van der Waals surface area (Å²) in [5, 5.41) is 2.72. The lowest BCUT2D eigenvalue weighted by Gasteiger charge is -2.44. The third-order valence-electron chi connectivity index (χ3n) is 7.89. The molecule has 0 aromatic rings. The van der Waals surface area contributed by atoms with Crippen LogP contribution >= 0.6 is 22.4 Å². The zero-order chi connectivity index (χ0) is 25.1. The van der Waals surface area contributed by atoms with Crippen LogP contribution in [0.2, 0.25) is 33.2 Å². The van der Waals surface area contributed by atoms with Crippen molar-refractivity contribution in [3.05, 3.63) is 10.3 Å². The quantitative estimate of drug-likeness (QED) is 0.139. The Labute approximate surface area is 214 Å². The highest BCUT2D eigenvalue weighted by Crippen LogP contribution is 2.55. The summed E-state index contributed by atoms with van der Waals surface area (Å²) in [5.74, 6) is 0. The molecule has 0 heterocycles. The Morgan fingerprint density at radius 3 is 1.31 bits per heavy atom. The van der Waals surface area contributed by atoms with Crippen molar-refractivity contribution >= 4 is 36.9 Å². The molecule has 0 fully saturated rings. The lowest BCUT2D eigenvalue weighted by atomic mass is 10.1. The molecule has 192 valence electrons. The van der Waals surface area contributed by atoms with Gasteiger partial charge in [0.05, 0.1) is 0 Å². The first-order chi connectivity index (χ1) is 14.8. The summed E-state index contributed by atoms with van der Waals surface area (Å²) in [6.07, 6.45) is 9.68. The number of allylic oxidation sites excluding steroid dienone is 1. The van der Waals surface area contributed by atoms with Gasteiger partial charge in [-0.1, -0.05) is 122 Å². The van der Waals surface area contributed by atoms with E-state index in [0.717, 1.165) is 33.2 Å². The van der Waals surface area contributed by atoms with Gasteiger partial charge in [0.15, 0.2) is 0 Å². The third kappa shape index (κ3) is 8.83. The molecular formula is C28H60S2Si2. The molecule has 0 aliphatic heterocycles. The van der Waals surface area contributed by atoms with Crippen LogP contribution < -0.4 is 0 Å². The Bertz CT molecular complexity index is 478. The summed E-state index contributed by atoms with van der Waals surface area (Å²) in [6, 6.07) is 0. The molecule has 0 nitrogen and oxygen atoms in total. The van der Waals surface area contributed by atoms with Gasteiger partial charge in [-0.3, -0.25) is 0 Å². The molecule has 0 bridgehead atoms. The molecule has 0 saturated heterocycles. The Hall–Kier alpha value is 0.874. The van der Waals surface area contributed by atoms with Crippen molar-refractivity contribution in [3.63, 3.8) is 0 Å². The summed E-state index contributed by atoms with van der Waals surface area (Å²) in [6.45, 7) is 32.4. The maximum absolute atomic E-state index is 2.72. The molecule has 0 aliphatic rings. The fraction of sp³-hybridized carbons (Fsp3) is 0.929. The number of unbranched alkanes of at least 4 members (excludes halogenated alkanes) is 5. The summed E-state index contributed by atoms with van der Waals surface area (Å²) in [5.41, 5.74) is 4.87. The van der Waals surface area contributed by atoms with Gasteiger partial charge in [-0.25, -0.2) is 0 Å². The van der Waals surface area contributed by atoms with Crippen molar-refractivity contribution in [2.24, 2.45) is 0 Å². The van der Waals surface area contributed by atoms with Gasteiger partial charge in [0.2, 0.25) is 0 Å². The molecule has 0 unspecified atom stereocenters. The summed E-state index contributed by atoms with van der Waals surface area (Å²) in [7, 11) is -2.97. The van der Waals surface area contributed by atoms with Crippen LogP contribution in [0.4, 0.5) is 0 Å². The van der Waals surface area contributed by atoms with Crippen molar-refractivity contribution < 1.29 is 0 Å². The van der Waals surface area contributed by atoms with Gasteiger partial charge in [0.25, 0.3) is 0 Å². The first-order valence-corrected chi connectivity index (χ1v) is 21.5. The van der Waals surface area contributed by atoms with E-state index in [1.807, 2.05) is 0 Å². The van der Waals surface area contributed by atoms with E-state index in [9.17, 15) is 0 Å².